The molecule has 0 aliphatic heterocycles. The van der Waals surface area contributed by atoms with E-state index in [2.05, 4.69) is 0 Å². The highest BCUT2D eigenvalue weighted by Crippen LogP contribution is 2.70. The largest absolute Gasteiger partial charge is 0.494 e. The number of halogens is 9. The Hall–Kier alpha value is -1.65. The standard InChI is InChI=1S/C16H15F9O2/c1-2-7-27-10-5-3-9(4-6-10)11(26)8-12(17)13(18,19)15(22,23)16(24,25)14(12,20)21/h3-6,11,26H,2,7-8H2,1H3. The Bertz CT molecular complexity index is 647. The molecule has 0 aromatic heterocycles. The van der Waals surface area contributed by atoms with Gasteiger partial charge in [0.05, 0.1) is 12.7 Å². The van der Waals surface area contributed by atoms with E-state index in [1.807, 2.05) is 0 Å². The molecule has 1 aromatic rings. The quantitative estimate of drug-likeness (QED) is 0.657. The number of aliphatic hydroxyl groups is 1. The van der Waals surface area contributed by atoms with Crippen molar-refractivity contribution in [2.24, 2.45) is 0 Å². The van der Waals surface area contributed by atoms with Crippen LogP contribution in [0.25, 0.3) is 0 Å². The Morgan fingerprint density at radius 1 is 0.815 bits per heavy atom. The minimum Gasteiger partial charge on any atom is -0.494 e. The average molecular weight is 410 g/mol. The van der Waals surface area contributed by atoms with Gasteiger partial charge < -0.3 is 9.84 Å². The van der Waals surface area contributed by atoms with Crippen LogP contribution in [-0.4, -0.2) is 41.1 Å². The van der Waals surface area contributed by atoms with Crippen LogP contribution in [-0.2, 0) is 0 Å². The molecule has 0 saturated heterocycles. The SMILES string of the molecule is CCCOc1ccc(C(O)CC2(F)C(F)(F)C(F)(F)C(F)(F)C2(F)F)cc1. The third kappa shape index (κ3) is 2.76. The number of hydrogen-bond acceptors (Lipinski definition) is 2. The normalized spacial score (nSPS) is 25.1. The van der Waals surface area contributed by atoms with Gasteiger partial charge in [-0.25, -0.2) is 4.39 Å². The lowest BCUT2D eigenvalue weighted by molar-refractivity contribution is -0.303. The van der Waals surface area contributed by atoms with Gasteiger partial charge in [0.1, 0.15) is 5.75 Å². The zero-order valence-electron chi connectivity index (χ0n) is 13.8. The Balaban J connectivity index is 2.34. The second kappa shape index (κ2) is 6.46. The molecule has 1 aromatic carbocycles. The van der Waals surface area contributed by atoms with Crippen LogP contribution in [0.1, 0.15) is 31.4 Å². The van der Waals surface area contributed by atoms with Crippen molar-refractivity contribution in [3.05, 3.63) is 29.8 Å². The third-order valence-electron chi connectivity index (χ3n) is 4.39. The summed E-state index contributed by atoms with van der Waals surface area (Å²) in [5.41, 5.74) is -6.09. The fourth-order valence-corrected chi connectivity index (χ4v) is 2.74. The maximum absolute atomic E-state index is 14.4. The Kier molecular flexibility index (Phi) is 5.18. The van der Waals surface area contributed by atoms with Crippen LogP contribution in [0.2, 0.25) is 0 Å². The summed E-state index contributed by atoms with van der Waals surface area (Å²) in [6.45, 7) is 2.10. The molecular formula is C16H15F9O2. The molecule has 0 radical (unpaired) electrons. The molecule has 1 aliphatic carbocycles. The van der Waals surface area contributed by atoms with Crippen molar-refractivity contribution in [2.75, 3.05) is 6.61 Å². The zero-order chi connectivity index (χ0) is 20.9. The predicted octanol–water partition coefficient (Wildman–Crippen LogP) is 5.16. The number of aliphatic hydroxyl groups excluding tert-OH is 1. The number of benzene rings is 1. The monoisotopic (exact) mass is 410 g/mol. The van der Waals surface area contributed by atoms with Crippen LogP contribution in [0.4, 0.5) is 39.5 Å². The Morgan fingerprint density at radius 2 is 1.26 bits per heavy atom. The van der Waals surface area contributed by atoms with Crippen molar-refractivity contribution >= 4 is 0 Å². The van der Waals surface area contributed by atoms with Crippen LogP contribution < -0.4 is 4.74 Å². The van der Waals surface area contributed by atoms with Crippen LogP contribution >= 0.6 is 0 Å². The second-order valence-corrected chi connectivity index (χ2v) is 6.24. The van der Waals surface area contributed by atoms with Gasteiger partial charge >= 0.3 is 23.7 Å². The molecule has 1 aliphatic rings. The van der Waals surface area contributed by atoms with E-state index >= 15 is 0 Å². The first-order chi connectivity index (χ1) is 12.2. The lowest BCUT2D eigenvalue weighted by Crippen LogP contribution is -2.55. The van der Waals surface area contributed by atoms with E-state index in [0.717, 1.165) is 12.1 Å². The zero-order valence-corrected chi connectivity index (χ0v) is 13.8. The van der Waals surface area contributed by atoms with Gasteiger partial charge in [-0.05, 0) is 24.1 Å². The summed E-state index contributed by atoms with van der Waals surface area (Å²) >= 11 is 0. The maximum Gasteiger partial charge on any atom is 0.381 e. The fraction of sp³-hybridized carbons (Fsp3) is 0.625. The molecule has 0 heterocycles. The molecule has 27 heavy (non-hydrogen) atoms. The highest BCUT2D eigenvalue weighted by atomic mass is 19.4. The summed E-state index contributed by atoms with van der Waals surface area (Å²) in [6.07, 6.45) is -4.20. The van der Waals surface area contributed by atoms with E-state index in [1.54, 1.807) is 6.92 Å². The molecule has 0 spiro atoms. The molecule has 1 fully saturated rings. The molecule has 1 atom stereocenters. The second-order valence-electron chi connectivity index (χ2n) is 6.24. The molecule has 0 bridgehead atoms. The van der Waals surface area contributed by atoms with Gasteiger partial charge in [-0.2, -0.15) is 35.1 Å². The Morgan fingerprint density at radius 3 is 1.67 bits per heavy atom. The summed E-state index contributed by atoms with van der Waals surface area (Å²) in [6, 6.07) is 4.35. The smallest absolute Gasteiger partial charge is 0.381 e. The lowest BCUT2D eigenvalue weighted by Gasteiger charge is -2.32. The average Bonchev–Trinajstić information content (AvgIpc) is 2.63. The first-order valence-electron chi connectivity index (χ1n) is 7.78. The lowest BCUT2D eigenvalue weighted by atomic mass is 9.88. The van der Waals surface area contributed by atoms with Crippen molar-refractivity contribution < 1.29 is 49.4 Å². The first kappa shape index (κ1) is 21.6. The molecule has 2 rings (SSSR count). The van der Waals surface area contributed by atoms with Gasteiger partial charge in [0.25, 0.3) is 5.67 Å². The van der Waals surface area contributed by atoms with Crippen molar-refractivity contribution in [3.8, 4) is 5.75 Å². The highest BCUT2D eigenvalue weighted by molar-refractivity contribution is 5.31. The van der Waals surface area contributed by atoms with Crippen LogP contribution in [0.3, 0.4) is 0 Å². The van der Waals surface area contributed by atoms with E-state index < -0.39 is 47.4 Å². The minimum absolute atomic E-state index is 0.248. The van der Waals surface area contributed by atoms with E-state index in [0.29, 0.717) is 13.0 Å². The van der Waals surface area contributed by atoms with Crippen LogP contribution in [0, 0.1) is 0 Å². The van der Waals surface area contributed by atoms with Crippen LogP contribution in [0.15, 0.2) is 24.3 Å². The topological polar surface area (TPSA) is 29.5 Å². The summed E-state index contributed by atoms with van der Waals surface area (Å²) < 4.78 is 127. The van der Waals surface area contributed by atoms with Crippen molar-refractivity contribution in [1.29, 1.82) is 0 Å². The van der Waals surface area contributed by atoms with Crippen molar-refractivity contribution in [3.63, 3.8) is 0 Å². The molecular weight excluding hydrogens is 395 g/mol. The van der Waals surface area contributed by atoms with Gasteiger partial charge in [0, 0.05) is 6.42 Å². The van der Waals surface area contributed by atoms with Gasteiger partial charge in [-0.15, -0.1) is 0 Å². The van der Waals surface area contributed by atoms with E-state index in [-0.39, 0.29) is 5.75 Å². The van der Waals surface area contributed by atoms with Gasteiger partial charge in [0.15, 0.2) is 0 Å². The van der Waals surface area contributed by atoms with Gasteiger partial charge in [-0.3, -0.25) is 0 Å². The summed E-state index contributed by atoms with van der Waals surface area (Å²) in [5.74, 6) is -25.9. The van der Waals surface area contributed by atoms with Gasteiger partial charge in [-0.1, -0.05) is 19.1 Å². The third-order valence-corrected chi connectivity index (χ3v) is 4.39. The van der Waals surface area contributed by atoms with Gasteiger partial charge in [0.2, 0.25) is 0 Å². The number of ether oxygens (including phenoxy) is 1. The molecule has 1 N–H and O–H groups in total. The molecule has 11 heteroatoms. The molecule has 2 nitrogen and oxygen atoms in total. The fourth-order valence-electron chi connectivity index (χ4n) is 2.74. The maximum atomic E-state index is 14.4. The van der Waals surface area contributed by atoms with Crippen molar-refractivity contribution in [2.45, 2.75) is 55.2 Å². The van der Waals surface area contributed by atoms with Crippen LogP contribution in [0.5, 0.6) is 5.75 Å². The number of hydrogen-bond donors (Lipinski definition) is 1. The Labute approximate surface area is 147 Å². The van der Waals surface area contributed by atoms with Crippen molar-refractivity contribution in [1.82, 2.24) is 0 Å². The molecule has 0 amide bonds. The number of rotatable bonds is 6. The minimum atomic E-state index is -6.64. The highest BCUT2D eigenvalue weighted by Gasteiger charge is 3.00. The first-order valence-corrected chi connectivity index (χ1v) is 7.78. The van der Waals surface area contributed by atoms with E-state index in [4.69, 9.17) is 4.74 Å². The molecule has 154 valence electrons. The predicted molar refractivity (Wildman–Crippen MR) is 75.4 cm³/mol. The van der Waals surface area contributed by atoms with E-state index in [9.17, 15) is 44.6 Å². The molecule has 1 saturated carbocycles. The van der Waals surface area contributed by atoms with E-state index in [1.165, 1.54) is 12.1 Å². The summed E-state index contributed by atoms with van der Waals surface area (Å²) in [7, 11) is 0. The summed E-state index contributed by atoms with van der Waals surface area (Å²) in [4.78, 5) is 0. The number of alkyl halides is 9. The summed E-state index contributed by atoms with van der Waals surface area (Å²) in [5, 5.41) is 9.78. The molecule has 1 unspecified atom stereocenters.